The van der Waals surface area contributed by atoms with E-state index in [1.165, 1.54) is 6.42 Å². The Balaban J connectivity index is 1.53. The van der Waals surface area contributed by atoms with Crippen molar-refractivity contribution in [3.05, 3.63) is 24.2 Å². The lowest BCUT2D eigenvalue weighted by Gasteiger charge is -2.23. The van der Waals surface area contributed by atoms with Crippen LogP contribution < -0.4 is 5.32 Å². The number of fused-ring (bicyclic) bond motifs is 1. The van der Waals surface area contributed by atoms with Crippen LogP contribution in [0.2, 0.25) is 0 Å². The molecular formula is C15H22N2O2. The van der Waals surface area contributed by atoms with Crippen molar-refractivity contribution in [2.45, 2.75) is 25.3 Å². The molecule has 4 heteroatoms. The summed E-state index contributed by atoms with van der Waals surface area (Å²) in [4.78, 5) is 14.2. The molecule has 19 heavy (non-hydrogen) atoms. The largest absolute Gasteiger partial charge is 0.468 e. The van der Waals surface area contributed by atoms with Gasteiger partial charge < -0.3 is 9.73 Å². The molecule has 3 unspecified atom stereocenters. The molecule has 2 aliphatic carbocycles. The van der Waals surface area contributed by atoms with Crippen LogP contribution in [0.3, 0.4) is 0 Å². The number of hydrogen-bond acceptors (Lipinski definition) is 3. The minimum Gasteiger partial charge on any atom is -0.468 e. The summed E-state index contributed by atoms with van der Waals surface area (Å²) in [6.07, 6.45) is 5.24. The Labute approximate surface area is 114 Å². The highest BCUT2D eigenvalue weighted by molar-refractivity contribution is 5.79. The number of nitrogens with zero attached hydrogens (tertiary/aromatic N) is 1. The monoisotopic (exact) mass is 262 g/mol. The molecule has 3 atom stereocenters. The molecule has 0 spiro atoms. The summed E-state index contributed by atoms with van der Waals surface area (Å²) in [6.45, 7) is 0.616. The van der Waals surface area contributed by atoms with E-state index < -0.39 is 0 Å². The summed E-state index contributed by atoms with van der Waals surface area (Å²) in [5.74, 6) is 3.09. The zero-order chi connectivity index (χ0) is 13.4. The van der Waals surface area contributed by atoms with Gasteiger partial charge in [0.05, 0.1) is 12.3 Å². The van der Waals surface area contributed by atoms with Gasteiger partial charge in [-0.2, -0.15) is 0 Å². The van der Waals surface area contributed by atoms with Crippen LogP contribution in [0.5, 0.6) is 0 Å². The van der Waals surface area contributed by atoms with Crippen molar-refractivity contribution in [1.82, 2.24) is 10.2 Å². The van der Waals surface area contributed by atoms with E-state index in [9.17, 15) is 4.79 Å². The van der Waals surface area contributed by atoms with Gasteiger partial charge in [0.2, 0.25) is 5.91 Å². The smallest absolute Gasteiger partial charge is 0.223 e. The average Bonchev–Trinajstić information content (AvgIpc) is 2.84. The average molecular weight is 262 g/mol. The third kappa shape index (κ3) is 2.68. The number of likely N-dealkylation sites (N-methyl/N-ethyl adjacent to an activating group) is 1. The molecule has 2 saturated carbocycles. The van der Waals surface area contributed by atoms with Crippen molar-refractivity contribution >= 4 is 5.91 Å². The Kier molecular flexibility index (Phi) is 3.35. The summed E-state index contributed by atoms with van der Waals surface area (Å²) in [7, 11) is 4.01. The summed E-state index contributed by atoms with van der Waals surface area (Å²) in [5, 5.41) is 3.09. The topological polar surface area (TPSA) is 45.5 Å². The fourth-order valence-corrected chi connectivity index (χ4v) is 3.29. The Hall–Kier alpha value is -1.29. The maximum absolute atomic E-state index is 12.1. The lowest BCUT2D eigenvalue weighted by atomic mass is 10.0. The summed E-state index contributed by atoms with van der Waals surface area (Å²) in [6, 6.07) is 3.95. The zero-order valence-electron chi connectivity index (χ0n) is 11.6. The molecule has 1 amide bonds. The van der Waals surface area contributed by atoms with Crippen LogP contribution in [-0.4, -0.2) is 31.4 Å². The maximum atomic E-state index is 12.1. The third-order valence-corrected chi connectivity index (χ3v) is 4.58. The Morgan fingerprint density at radius 2 is 2.16 bits per heavy atom. The van der Waals surface area contributed by atoms with E-state index in [0.29, 0.717) is 6.54 Å². The SMILES string of the molecule is CN(C)C(CNC(=O)C1CC2CC2C1)c1ccco1. The first-order valence-electron chi connectivity index (χ1n) is 7.12. The molecule has 3 rings (SSSR count). The Morgan fingerprint density at radius 1 is 1.42 bits per heavy atom. The first-order chi connectivity index (χ1) is 9.15. The maximum Gasteiger partial charge on any atom is 0.223 e. The third-order valence-electron chi connectivity index (χ3n) is 4.58. The minimum absolute atomic E-state index is 0.106. The van der Waals surface area contributed by atoms with E-state index in [2.05, 4.69) is 10.2 Å². The minimum atomic E-state index is 0.106. The predicted octanol–water partition coefficient (Wildman–Crippen LogP) is 2.04. The molecular weight excluding hydrogens is 240 g/mol. The second-order valence-corrected chi connectivity index (χ2v) is 6.16. The molecule has 0 bridgehead atoms. The second-order valence-electron chi connectivity index (χ2n) is 6.16. The van der Waals surface area contributed by atoms with Gasteiger partial charge in [0.15, 0.2) is 0 Å². The molecule has 1 aromatic rings. The highest BCUT2D eigenvalue weighted by atomic mass is 16.3. The van der Waals surface area contributed by atoms with Gasteiger partial charge in [-0.3, -0.25) is 9.69 Å². The molecule has 104 valence electrons. The van der Waals surface area contributed by atoms with Crippen molar-refractivity contribution in [3.8, 4) is 0 Å². The van der Waals surface area contributed by atoms with Crippen LogP contribution in [0.25, 0.3) is 0 Å². The standard InChI is InChI=1S/C15H22N2O2/c1-17(2)13(14-4-3-5-19-14)9-16-15(18)12-7-10-6-11(10)8-12/h3-5,10-13H,6-9H2,1-2H3,(H,16,18). The highest BCUT2D eigenvalue weighted by Crippen LogP contribution is 2.54. The predicted molar refractivity (Wildman–Crippen MR) is 72.5 cm³/mol. The first-order valence-corrected chi connectivity index (χ1v) is 7.12. The molecule has 2 aliphatic rings. The van der Waals surface area contributed by atoms with Crippen molar-refractivity contribution in [2.75, 3.05) is 20.6 Å². The fourth-order valence-electron chi connectivity index (χ4n) is 3.29. The van der Waals surface area contributed by atoms with Gasteiger partial charge in [-0.1, -0.05) is 0 Å². The molecule has 4 nitrogen and oxygen atoms in total. The molecule has 0 aromatic carbocycles. The number of amides is 1. The van der Waals surface area contributed by atoms with E-state index in [1.54, 1.807) is 6.26 Å². The van der Waals surface area contributed by atoms with Crippen LogP contribution in [-0.2, 0) is 4.79 Å². The number of nitrogens with one attached hydrogen (secondary N) is 1. The van der Waals surface area contributed by atoms with Gasteiger partial charge in [-0.05, 0) is 57.3 Å². The molecule has 0 aliphatic heterocycles. The van der Waals surface area contributed by atoms with Crippen molar-refractivity contribution in [3.63, 3.8) is 0 Å². The second kappa shape index (κ2) is 5.00. The zero-order valence-corrected chi connectivity index (χ0v) is 11.6. The van der Waals surface area contributed by atoms with Crippen molar-refractivity contribution < 1.29 is 9.21 Å². The van der Waals surface area contributed by atoms with Crippen molar-refractivity contribution in [2.24, 2.45) is 17.8 Å². The number of carbonyl (C=O) groups excluding carboxylic acids is 1. The fraction of sp³-hybridized carbons (Fsp3) is 0.667. The van der Waals surface area contributed by atoms with Crippen molar-refractivity contribution in [1.29, 1.82) is 0 Å². The van der Waals surface area contributed by atoms with Crippen LogP contribution in [0.4, 0.5) is 0 Å². The van der Waals surface area contributed by atoms with E-state index in [1.807, 2.05) is 26.2 Å². The van der Waals surface area contributed by atoms with E-state index in [4.69, 9.17) is 4.42 Å². The first kappa shape index (κ1) is 12.7. The van der Waals surface area contributed by atoms with Gasteiger partial charge in [-0.25, -0.2) is 0 Å². The summed E-state index contributed by atoms with van der Waals surface area (Å²) in [5.41, 5.74) is 0. The summed E-state index contributed by atoms with van der Waals surface area (Å²) >= 11 is 0. The van der Waals surface area contributed by atoms with Gasteiger partial charge in [-0.15, -0.1) is 0 Å². The Morgan fingerprint density at radius 3 is 2.74 bits per heavy atom. The number of furan rings is 1. The number of rotatable bonds is 5. The summed E-state index contributed by atoms with van der Waals surface area (Å²) < 4.78 is 5.45. The van der Waals surface area contributed by atoms with Gasteiger partial charge in [0.1, 0.15) is 5.76 Å². The van der Waals surface area contributed by atoms with E-state index >= 15 is 0 Å². The van der Waals surface area contributed by atoms with E-state index in [-0.39, 0.29) is 17.9 Å². The Bertz CT molecular complexity index is 431. The highest BCUT2D eigenvalue weighted by Gasteiger charge is 2.47. The lowest BCUT2D eigenvalue weighted by Crippen LogP contribution is -2.37. The molecule has 1 heterocycles. The van der Waals surface area contributed by atoms with E-state index in [0.717, 1.165) is 30.4 Å². The normalized spacial score (nSPS) is 30.2. The van der Waals surface area contributed by atoms with Gasteiger partial charge in [0.25, 0.3) is 0 Å². The molecule has 2 fully saturated rings. The number of carbonyl (C=O) groups is 1. The van der Waals surface area contributed by atoms with Crippen LogP contribution >= 0.6 is 0 Å². The lowest BCUT2D eigenvalue weighted by molar-refractivity contribution is -0.125. The molecule has 0 saturated heterocycles. The molecule has 1 N–H and O–H groups in total. The van der Waals surface area contributed by atoms with Crippen LogP contribution in [0.15, 0.2) is 22.8 Å². The number of hydrogen-bond donors (Lipinski definition) is 1. The van der Waals surface area contributed by atoms with Gasteiger partial charge >= 0.3 is 0 Å². The van der Waals surface area contributed by atoms with Crippen LogP contribution in [0.1, 0.15) is 31.1 Å². The molecule has 0 radical (unpaired) electrons. The molecule has 1 aromatic heterocycles. The quantitative estimate of drug-likeness (QED) is 0.883. The van der Waals surface area contributed by atoms with Gasteiger partial charge in [0, 0.05) is 12.5 Å². The van der Waals surface area contributed by atoms with Crippen LogP contribution in [0, 0.1) is 17.8 Å².